The van der Waals surface area contributed by atoms with Gasteiger partial charge in [0.05, 0.1) is 5.60 Å². The maximum Gasteiger partial charge on any atom is 0.251 e. The lowest BCUT2D eigenvalue weighted by Gasteiger charge is -2.29. The SMILES string of the molecule is Cc1cccc(C(=O)NC(C(=O)NCC(C)(O)C(C)C)C(C)C)c1. The van der Waals surface area contributed by atoms with Crippen LogP contribution in [-0.2, 0) is 4.79 Å². The first-order valence-electron chi connectivity index (χ1n) is 8.42. The molecule has 0 aliphatic rings. The molecule has 0 radical (unpaired) electrons. The Kier molecular flexibility index (Phi) is 6.96. The number of rotatable bonds is 7. The number of nitrogens with one attached hydrogen (secondary N) is 2. The van der Waals surface area contributed by atoms with Crippen molar-refractivity contribution in [1.29, 1.82) is 0 Å². The maximum absolute atomic E-state index is 12.5. The van der Waals surface area contributed by atoms with Gasteiger partial charge < -0.3 is 15.7 Å². The van der Waals surface area contributed by atoms with E-state index in [4.69, 9.17) is 0 Å². The van der Waals surface area contributed by atoms with Crippen LogP contribution in [0, 0.1) is 18.8 Å². The molecule has 24 heavy (non-hydrogen) atoms. The molecule has 5 nitrogen and oxygen atoms in total. The summed E-state index contributed by atoms with van der Waals surface area (Å²) in [4.78, 5) is 24.8. The molecule has 134 valence electrons. The highest BCUT2D eigenvalue weighted by atomic mass is 16.3. The second kappa shape index (κ2) is 8.29. The third kappa shape index (κ3) is 5.64. The molecule has 3 N–H and O–H groups in total. The lowest BCUT2D eigenvalue weighted by atomic mass is 9.92. The van der Waals surface area contributed by atoms with Crippen LogP contribution in [-0.4, -0.2) is 35.1 Å². The van der Waals surface area contributed by atoms with Crippen LogP contribution in [0.1, 0.15) is 50.5 Å². The summed E-state index contributed by atoms with van der Waals surface area (Å²) >= 11 is 0. The Balaban J connectivity index is 2.76. The molecule has 0 saturated carbocycles. The van der Waals surface area contributed by atoms with Crippen molar-refractivity contribution < 1.29 is 14.7 Å². The average Bonchev–Trinajstić information content (AvgIpc) is 2.49. The van der Waals surface area contributed by atoms with Gasteiger partial charge in [-0.25, -0.2) is 0 Å². The number of carbonyl (C=O) groups excluding carboxylic acids is 2. The van der Waals surface area contributed by atoms with Gasteiger partial charge in [0, 0.05) is 12.1 Å². The highest BCUT2D eigenvalue weighted by Gasteiger charge is 2.29. The first-order chi connectivity index (χ1) is 11.0. The van der Waals surface area contributed by atoms with Gasteiger partial charge in [-0.1, -0.05) is 45.4 Å². The molecule has 5 heteroatoms. The van der Waals surface area contributed by atoms with Gasteiger partial charge in [0.25, 0.3) is 5.91 Å². The van der Waals surface area contributed by atoms with Crippen LogP contribution >= 0.6 is 0 Å². The van der Waals surface area contributed by atoms with Gasteiger partial charge >= 0.3 is 0 Å². The van der Waals surface area contributed by atoms with E-state index in [0.29, 0.717) is 5.56 Å². The van der Waals surface area contributed by atoms with Gasteiger partial charge in [-0.05, 0) is 37.8 Å². The van der Waals surface area contributed by atoms with Crippen molar-refractivity contribution in [3.8, 4) is 0 Å². The summed E-state index contributed by atoms with van der Waals surface area (Å²) < 4.78 is 0. The van der Waals surface area contributed by atoms with Crippen molar-refractivity contribution in [2.24, 2.45) is 11.8 Å². The summed E-state index contributed by atoms with van der Waals surface area (Å²) in [5, 5.41) is 15.8. The molecule has 0 spiro atoms. The van der Waals surface area contributed by atoms with E-state index in [1.165, 1.54) is 0 Å². The third-order valence-corrected chi connectivity index (χ3v) is 4.38. The lowest BCUT2D eigenvalue weighted by molar-refractivity contribution is -0.125. The van der Waals surface area contributed by atoms with E-state index in [9.17, 15) is 14.7 Å². The molecule has 2 atom stereocenters. The lowest BCUT2D eigenvalue weighted by Crippen LogP contribution is -2.53. The number of carbonyl (C=O) groups is 2. The number of hydrogen-bond donors (Lipinski definition) is 3. The second-order valence-corrected chi connectivity index (χ2v) is 7.29. The van der Waals surface area contributed by atoms with Crippen molar-refractivity contribution in [2.45, 2.75) is 53.2 Å². The summed E-state index contributed by atoms with van der Waals surface area (Å²) in [6, 6.07) is 6.59. The molecule has 2 unspecified atom stereocenters. The quantitative estimate of drug-likeness (QED) is 0.716. The van der Waals surface area contributed by atoms with E-state index in [1.54, 1.807) is 19.1 Å². The Morgan fingerprint density at radius 2 is 1.83 bits per heavy atom. The van der Waals surface area contributed by atoms with E-state index < -0.39 is 11.6 Å². The molecule has 1 aromatic carbocycles. The molecule has 0 fully saturated rings. The molecule has 2 amide bonds. The fourth-order valence-corrected chi connectivity index (χ4v) is 2.13. The van der Waals surface area contributed by atoms with Crippen LogP contribution in [0.2, 0.25) is 0 Å². The number of amides is 2. The number of benzene rings is 1. The number of aryl methyl sites for hydroxylation is 1. The van der Waals surface area contributed by atoms with Crippen LogP contribution in [0.5, 0.6) is 0 Å². The third-order valence-electron chi connectivity index (χ3n) is 4.38. The molecule has 0 aliphatic carbocycles. The van der Waals surface area contributed by atoms with E-state index >= 15 is 0 Å². The zero-order chi connectivity index (χ0) is 18.5. The Labute approximate surface area is 144 Å². The van der Waals surface area contributed by atoms with Crippen LogP contribution in [0.3, 0.4) is 0 Å². The molecule has 0 heterocycles. The van der Waals surface area contributed by atoms with Crippen molar-refractivity contribution >= 4 is 11.8 Å². The van der Waals surface area contributed by atoms with E-state index in [-0.39, 0.29) is 30.2 Å². The van der Waals surface area contributed by atoms with Crippen molar-refractivity contribution in [2.75, 3.05) is 6.54 Å². The van der Waals surface area contributed by atoms with Gasteiger partial charge in [-0.2, -0.15) is 0 Å². The maximum atomic E-state index is 12.5. The average molecular weight is 334 g/mol. The first kappa shape index (κ1) is 20.2. The van der Waals surface area contributed by atoms with Crippen molar-refractivity contribution in [1.82, 2.24) is 10.6 Å². The molecule has 0 aliphatic heterocycles. The van der Waals surface area contributed by atoms with E-state index in [2.05, 4.69) is 10.6 Å². The topological polar surface area (TPSA) is 78.4 Å². The normalized spacial score (nSPS) is 15.0. The van der Waals surface area contributed by atoms with Crippen LogP contribution < -0.4 is 10.6 Å². The van der Waals surface area contributed by atoms with Crippen LogP contribution in [0.15, 0.2) is 24.3 Å². The smallest absolute Gasteiger partial charge is 0.251 e. The van der Waals surface area contributed by atoms with Gasteiger partial charge in [0.15, 0.2) is 0 Å². The molecule has 1 rings (SSSR count). The Bertz CT molecular complexity index is 580. The largest absolute Gasteiger partial charge is 0.388 e. The minimum Gasteiger partial charge on any atom is -0.388 e. The van der Waals surface area contributed by atoms with E-state index in [0.717, 1.165) is 5.56 Å². The standard InChI is InChI=1S/C19H30N2O3/c1-12(2)16(18(23)20-11-19(6,24)13(3)4)21-17(22)15-9-7-8-14(5)10-15/h7-10,12-13,16,24H,11H2,1-6H3,(H,20,23)(H,21,22). The van der Waals surface area contributed by atoms with E-state index in [1.807, 2.05) is 46.8 Å². The van der Waals surface area contributed by atoms with Gasteiger partial charge in [-0.3, -0.25) is 9.59 Å². The molecule has 1 aromatic rings. The Morgan fingerprint density at radius 3 is 2.33 bits per heavy atom. The summed E-state index contributed by atoms with van der Waals surface area (Å²) in [5.74, 6) is -0.616. The monoisotopic (exact) mass is 334 g/mol. The summed E-state index contributed by atoms with van der Waals surface area (Å²) in [6.07, 6.45) is 0. The zero-order valence-corrected chi connectivity index (χ0v) is 15.5. The highest BCUT2D eigenvalue weighted by molar-refractivity contribution is 5.97. The minimum absolute atomic E-state index is 0.0113. The predicted molar refractivity (Wildman–Crippen MR) is 95.7 cm³/mol. The van der Waals surface area contributed by atoms with Crippen LogP contribution in [0.25, 0.3) is 0 Å². The molecule has 0 saturated heterocycles. The summed E-state index contributed by atoms with van der Waals surface area (Å²) in [7, 11) is 0. The molecular weight excluding hydrogens is 304 g/mol. The Hall–Kier alpha value is -1.88. The molecule has 0 bridgehead atoms. The van der Waals surface area contributed by atoms with Crippen molar-refractivity contribution in [3.63, 3.8) is 0 Å². The second-order valence-electron chi connectivity index (χ2n) is 7.29. The predicted octanol–water partition coefficient (Wildman–Crippen LogP) is 2.27. The van der Waals surface area contributed by atoms with Gasteiger partial charge in [0.1, 0.15) is 6.04 Å². The minimum atomic E-state index is -0.988. The number of aliphatic hydroxyl groups is 1. The Morgan fingerprint density at radius 1 is 1.21 bits per heavy atom. The highest BCUT2D eigenvalue weighted by Crippen LogP contribution is 2.15. The van der Waals surface area contributed by atoms with Gasteiger partial charge in [-0.15, -0.1) is 0 Å². The molecular formula is C19H30N2O3. The zero-order valence-electron chi connectivity index (χ0n) is 15.5. The fraction of sp³-hybridized carbons (Fsp3) is 0.579. The van der Waals surface area contributed by atoms with Gasteiger partial charge in [0.2, 0.25) is 5.91 Å². The summed E-state index contributed by atoms with van der Waals surface area (Å²) in [6.45, 7) is 11.3. The fourth-order valence-electron chi connectivity index (χ4n) is 2.13. The summed E-state index contributed by atoms with van der Waals surface area (Å²) in [5.41, 5.74) is 0.529. The number of hydrogen-bond acceptors (Lipinski definition) is 3. The first-order valence-corrected chi connectivity index (χ1v) is 8.42. The van der Waals surface area contributed by atoms with Crippen LogP contribution in [0.4, 0.5) is 0 Å². The van der Waals surface area contributed by atoms with Crippen molar-refractivity contribution in [3.05, 3.63) is 35.4 Å². The molecule has 0 aromatic heterocycles.